The van der Waals surface area contributed by atoms with Crippen molar-refractivity contribution in [2.24, 2.45) is 0 Å². The number of nitrogens with one attached hydrogen (secondary N) is 2. The Labute approximate surface area is 62.1 Å². The van der Waals surface area contributed by atoms with Gasteiger partial charge in [0.1, 0.15) is 0 Å². The normalized spacial score (nSPS) is 30.0. The maximum Gasteiger partial charge on any atom is 0.0708 e. The SMILES string of the molecule is CO[C@@H](C)[C@@H]1CNCCN1. The highest BCUT2D eigenvalue weighted by molar-refractivity contribution is 4.80. The van der Waals surface area contributed by atoms with Gasteiger partial charge in [0.15, 0.2) is 0 Å². The van der Waals surface area contributed by atoms with Gasteiger partial charge in [-0.15, -0.1) is 0 Å². The van der Waals surface area contributed by atoms with Gasteiger partial charge in [-0.1, -0.05) is 0 Å². The summed E-state index contributed by atoms with van der Waals surface area (Å²) in [4.78, 5) is 0. The van der Waals surface area contributed by atoms with Crippen molar-refractivity contribution in [1.29, 1.82) is 0 Å². The first-order valence-corrected chi connectivity index (χ1v) is 3.81. The minimum absolute atomic E-state index is 0.313. The Balaban J connectivity index is 2.24. The molecule has 0 aromatic rings. The van der Waals surface area contributed by atoms with E-state index in [-0.39, 0.29) is 0 Å². The molecule has 0 amide bonds. The van der Waals surface area contributed by atoms with E-state index in [4.69, 9.17) is 4.74 Å². The van der Waals surface area contributed by atoms with Crippen molar-refractivity contribution in [3.05, 3.63) is 0 Å². The van der Waals surface area contributed by atoms with Crippen LogP contribution in [-0.4, -0.2) is 38.9 Å². The molecule has 60 valence electrons. The summed E-state index contributed by atoms with van der Waals surface area (Å²) < 4.78 is 5.19. The zero-order valence-electron chi connectivity index (χ0n) is 6.68. The molecule has 1 heterocycles. The second-order valence-corrected chi connectivity index (χ2v) is 2.71. The van der Waals surface area contributed by atoms with Crippen LogP contribution in [0.15, 0.2) is 0 Å². The summed E-state index contributed by atoms with van der Waals surface area (Å²) in [6, 6.07) is 0.485. The highest BCUT2D eigenvalue weighted by atomic mass is 16.5. The molecule has 0 radical (unpaired) electrons. The third kappa shape index (κ3) is 1.94. The van der Waals surface area contributed by atoms with Crippen molar-refractivity contribution in [2.75, 3.05) is 26.7 Å². The lowest BCUT2D eigenvalue weighted by molar-refractivity contribution is 0.0779. The lowest BCUT2D eigenvalue weighted by Crippen LogP contribution is -2.53. The third-order valence-electron chi connectivity index (χ3n) is 2.01. The molecule has 1 aliphatic rings. The van der Waals surface area contributed by atoms with Crippen LogP contribution in [-0.2, 0) is 4.74 Å². The largest absolute Gasteiger partial charge is 0.380 e. The average molecular weight is 144 g/mol. The van der Waals surface area contributed by atoms with Gasteiger partial charge in [0.25, 0.3) is 0 Å². The Morgan fingerprint density at radius 2 is 2.30 bits per heavy atom. The van der Waals surface area contributed by atoms with Crippen LogP contribution in [0.25, 0.3) is 0 Å². The van der Waals surface area contributed by atoms with E-state index in [0.29, 0.717) is 12.1 Å². The molecule has 2 atom stereocenters. The van der Waals surface area contributed by atoms with Crippen molar-refractivity contribution in [1.82, 2.24) is 10.6 Å². The number of hydrogen-bond donors (Lipinski definition) is 2. The predicted molar refractivity (Wildman–Crippen MR) is 41.1 cm³/mol. The molecular weight excluding hydrogens is 128 g/mol. The molecular formula is C7H16N2O. The summed E-state index contributed by atoms with van der Waals surface area (Å²) in [5.41, 5.74) is 0. The monoisotopic (exact) mass is 144 g/mol. The van der Waals surface area contributed by atoms with Gasteiger partial charge in [-0.25, -0.2) is 0 Å². The quantitative estimate of drug-likeness (QED) is 0.552. The second kappa shape index (κ2) is 3.91. The van der Waals surface area contributed by atoms with Crippen molar-refractivity contribution in [3.8, 4) is 0 Å². The van der Waals surface area contributed by atoms with Gasteiger partial charge >= 0.3 is 0 Å². The molecule has 0 bridgehead atoms. The van der Waals surface area contributed by atoms with Gasteiger partial charge in [0, 0.05) is 32.8 Å². The van der Waals surface area contributed by atoms with E-state index in [1.165, 1.54) is 0 Å². The van der Waals surface area contributed by atoms with Crippen LogP contribution < -0.4 is 10.6 Å². The molecule has 0 saturated carbocycles. The first-order valence-electron chi connectivity index (χ1n) is 3.81. The number of ether oxygens (including phenoxy) is 1. The molecule has 1 rings (SSSR count). The van der Waals surface area contributed by atoms with E-state index >= 15 is 0 Å². The smallest absolute Gasteiger partial charge is 0.0708 e. The molecule has 3 nitrogen and oxygen atoms in total. The first-order chi connectivity index (χ1) is 4.84. The standard InChI is InChI=1S/C7H16N2O/c1-6(10-2)7-5-8-3-4-9-7/h6-9H,3-5H2,1-2H3/t6-,7-/m0/s1. The minimum Gasteiger partial charge on any atom is -0.380 e. The number of hydrogen-bond acceptors (Lipinski definition) is 3. The molecule has 0 aromatic heterocycles. The number of piperazine rings is 1. The summed E-state index contributed by atoms with van der Waals surface area (Å²) in [7, 11) is 1.75. The van der Waals surface area contributed by atoms with Crippen molar-refractivity contribution < 1.29 is 4.74 Å². The van der Waals surface area contributed by atoms with Gasteiger partial charge in [-0.05, 0) is 6.92 Å². The highest BCUT2D eigenvalue weighted by Crippen LogP contribution is 1.97. The van der Waals surface area contributed by atoms with Gasteiger partial charge in [-0.3, -0.25) is 0 Å². The van der Waals surface area contributed by atoms with Crippen LogP contribution in [0.1, 0.15) is 6.92 Å². The van der Waals surface area contributed by atoms with Gasteiger partial charge < -0.3 is 15.4 Å². The maximum atomic E-state index is 5.19. The van der Waals surface area contributed by atoms with Crippen LogP contribution in [0.4, 0.5) is 0 Å². The summed E-state index contributed by atoms with van der Waals surface area (Å²) in [5, 5.41) is 6.69. The van der Waals surface area contributed by atoms with Crippen molar-refractivity contribution >= 4 is 0 Å². The minimum atomic E-state index is 0.313. The Morgan fingerprint density at radius 3 is 2.80 bits per heavy atom. The Hall–Kier alpha value is -0.120. The maximum absolute atomic E-state index is 5.19. The van der Waals surface area contributed by atoms with E-state index in [0.717, 1.165) is 19.6 Å². The summed E-state index contributed by atoms with van der Waals surface area (Å²) in [6.45, 7) is 5.24. The summed E-state index contributed by atoms with van der Waals surface area (Å²) in [6.07, 6.45) is 0.313. The van der Waals surface area contributed by atoms with Crippen LogP contribution in [0, 0.1) is 0 Å². The van der Waals surface area contributed by atoms with Crippen LogP contribution >= 0.6 is 0 Å². The zero-order chi connectivity index (χ0) is 7.40. The fraction of sp³-hybridized carbons (Fsp3) is 1.00. The Kier molecular flexibility index (Phi) is 3.12. The Morgan fingerprint density at radius 1 is 1.50 bits per heavy atom. The average Bonchev–Trinajstić information content (AvgIpc) is 2.05. The van der Waals surface area contributed by atoms with E-state index in [1.807, 2.05) is 0 Å². The number of rotatable bonds is 2. The first kappa shape index (κ1) is 7.98. The van der Waals surface area contributed by atoms with Crippen LogP contribution in [0.2, 0.25) is 0 Å². The van der Waals surface area contributed by atoms with E-state index in [9.17, 15) is 0 Å². The molecule has 0 aromatic carbocycles. The highest BCUT2D eigenvalue weighted by Gasteiger charge is 2.17. The molecule has 1 fully saturated rings. The molecule has 10 heavy (non-hydrogen) atoms. The zero-order valence-corrected chi connectivity index (χ0v) is 6.68. The fourth-order valence-corrected chi connectivity index (χ4v) is 1.17. The predicted octanol–water partition coefficient (Wildman–Crippen LogP) is -0.417. The van der Waals surface area contributed by atoms with Crippen LogP contribution in [0.5, 0.6) is 0 Å². The molecule has 2 N–H and O–H groups in total. The summed E-state index contributed by atoms with van der Waals surface area (Å²) >= 11 is 0. The topological polar surface area (TPSA) is 33.3 Å². The molecule has 0 unspecified atom stereocenters. The number of methoxy groups -OCH3 is 1. The van der Waals surface area contributed by atoms with Gasteiger partial charge in [0.05, 0.1) is 6.10 Å². The molecule has 0 spiro atoms. The lowest BCUT2D eigenvalue weighted by atomic mass is 10.1. The second-order valence-electron chi connectivity index (χ2n) is 2.71. The van der Waals surface area contributed by atoms with Crippen molar-refractivity contribution in [3.63, 3.8) is 0 Å². The Bertz CT molecular complexity index is 91.6. The fourth-order valence-electron chi connectivity index (χ4n) is 1.17. The third-order valence-corrected chi connectivity index (χ3v) is 2.01. The van der Waals surface area contributed by atoms with Gasteiger partial charge in [0.2, 0.25) is 0 Å². The van der Waals surface area contributed by atoms with E-state index < -0.39 is 0 Å². The van der Waals surface area contributed by atoms with Crippen LogP contribution in [0.3, 0.4) is 0 Å². The molecule has 0 aliphatic carbocycles. The van der Waals surface area contributed by atoms with E-state index in [1.54, 1.807) is 7.11 Å². The lowest BCUT2D eigenvalue weighted by Gasteiger charge is -2.28. The van der Waals surface area contributed by atoms with Gasteiger partial charge in [-0.2, -0.15) is 0 Å². The summed E-state index contributed by atoms with van der Waals surface area (Å²) in [5.74, 6) is 0. The van der Waals surface area contributed by atoms with Crippen molar-refractivity contribution in [2.45, 2.75) is 19.1 Å². The molecule has 1 aliphatic heterocycles. The molecule has 3 heteroatoms. The molecule has 1 saturated heterocycles. The van der Waals surface area contributed by atoms with E-state index in [2.05, 4.69) is 17.6 Å².